The molecular weight excluding hydrogens is 358 g/mol. The number of rotatable bonds is 4. The highest BCUT2D eigenvalue weighted by molar-refractivity contribution is 5.85. The van der Waals surface area contributed by atoms with Gasteiger partial charge in [-0.15, -0.1) is 5.10 Å². The van der Waals surface area contributed by atoms with Gasteiger partial charge in [-0.25, -0.2) is 5.10 Å². The van der Waals surface area contributed by atoms with E-state index >= 15 is 0 Å². The number of anilines is 1. The van der Waals surface area contributed by atoms with Crippen molar-refractivity contribution in [2.75, 3.05) is 31.2 Å². The van der Waals surface area contributed by atoms with Crippen LogP contribution in [0.15, 0.2) is 24.4 Å². The van der Waals surface area contributed by atoms with E-state index in [-0.39, 0.29) is 6.10 Å². The first kappa shape index (κ1) is 17.3. The molecular formula is C19H23N7O2. The Kier molecular flexibility index (Phi) is 4.74. The molecule has 0 atom stereocenters. The molecule has 2 aliphatic rings. The average molecular weight is 381 g/mol. The standard InChI is InChI=1S/C19H23N7O2/c1-2-15-16(20-7-1)12-17(26-8-10-27-11-9-26)21-19(15)28-14-5-3-13(4-6-14)18-22-24-25-23-18/h1-2,7,12-14H,3-6,8-11H2,(H,22,23,24,25)/t13-,14+. The second kappa shape index (κ2) is 7.67. The highest BCUT2D eigenvalue weighted by Crippen LogP contribution is 2.34. The minimum atomic E-state index is 0.142. The van der Waals surface area contributed by atoms with E-state index in [0.29, 0.717) is 11.8 Å². The van der Waals surface area contributed by atoms with Crippen molar-refractivity contribution < 1.29 is 9.47 Å². The third-order valence-corrected chi connectivity index (χ3v) is 5.59. The van der Waals surface area contributed by atoms with Gasteiger partial charge in [0.1, 0.15) is 11.9 Å². The van der Waals surface area contributed by atoms with E-state index in [1.165, 1.54) is 0 Å². The number of tetrazole rings is 1. The molecule has 1 N–H and O–H groups in total. The molecule has 0 unspecified atom stereocenters. The Balaban J connectivity index is 1.36. The van der Waals surface area contributed by atoms with Crippen LogP contribution in [0.5, 0.6) is 5.88 Å². The third-order valence-electron chi connectivity index (χ3n) is 5.59. The Morgan fingerprint density at radius 3 is 2.79 bits per heavy atom. The number of fused-ring (bicyclic) bond motifs is 1. The maximum absolute atomic E-state index is 6.39. The molecule has 1 aliphatic carbocycles. The summed E-state index contributed by atoms with van der Waals surface area (Å²) in [6, 6.07) is 6.00. The summed E-state index contributed by atoms with van der Waals surface area (Å²) in [4.78, 5) is 11.6. The predicted molar refractivity (Wildman–Crippen MR) is 102 cm³/mol. The van der Waals surface area contributed by atoms with Gasteiger partial charge < -0.3 is 14.4 Å². The van der Waals surface area contributed by atoms with Crippen molar-refractivity contribution >= 4 is 16.7 Å². The lowest BCUT2D eigenvalue weighted by Gasteiger charge is -2.30. The van der Waals surface area contributed by atoms with Gasteiger partial charge in [0.05, 0.1) is 24.1 Å². The Morgan fingerprint density at radius 2 is 2.00 bits per heavy atom. The van der Waals surface area contributed by atoms with Gasteiger partial charge in [-0.1, -0.05) is 0 Å². The summed E-state index contributed by atoms with van der Waals surface area (Å²) in [5.74, 6) is 2.84. The third kappa shape index (κ3) is 3.49. The number of nitrogens with zero attached hydrogens (tertiary/aromatic N) is 6. The SMILES string of the molecule is c1cnc2cc(N3CCOCC3)nc(O[C@H]3CC[C@@H](c4nnn[nH]4)CC3)c2c1. The van der Waals surface area contributed by atoms with E-state index < -0.39 is 0 Å². The summed E-state index contributed by atoms with van der Waals surface area (Å²) in [7, 11) is 0. The fraction of sp³-hybridized carbons (Fsp3) is 0.526. The van der Waals surface area contributed by atoms with Crippen molar-refractivity contribution in [3.05, 3.63) is 30.2 Å². The van der Waals surface area contributed by atoms with Crippen molar-refractivity contribution in [2.45, 2.75) is 37.7 Å². The average Bonchev–Trinajstić information content (AvgIpc) is 3.30. The maximum Gasteiger partial charge on any atom is 0.225 e. The van der Waals surface area contributed by atoms with Crippen LogP contribution in [0.3, 0.4) is 0 Å². The Hall–Kier alpha value is -2.81. The summed E-state index contributed by atoms with van der Waals surface area (Å²) in [6.45, 7) is 3.11. The minimum absolute atomic E-state index is 0.142. The fourth-order valence-corrected chi connectivity index (χ4v) is 4.03. The molecule has 2 fully saturated rings. The molecule has 1 saturated carbocycles. The fourth-order valence-electron chi connectivity index (χ4n) is 4.03. The normalized spacial score (nSPS) is 23.1. The highest BCUT2D eigenvalue weighted by Gasteiger charge is 2.27. The van der Waals surface area contributed by atoms with Crippen LogP contribution >= 0.6 is 0 Å². The van der Waals surface area contributed by atoms with Crippen molar-refractivity contribution in [1.82, 2.24) is 30.6 Å². The molecule has 146 valence electrons. The molecule has 0 bridgehead atoms. The van der Waals surface area contributed by atoms with Crippen LogP contribution in [-0.2, 0) is 4.74 Å². The van der Waals surface area contributed by atoms with Gasteiger partial charge in [-0.05, 0) is 48.2 Å². The molecule has 0 amide bonds. The molecule has 4 heterocycles. The number of hydrogen-bond acceptors (Lipinski definition) is 8. The quantitative estimate of drug-likeness (QED) is 0.733. The lowest BCUT2D eigenvalue weighted by molar-refractivity contribution is 0.121. The number of ether oxygens (including phenoxy) is 2. The number of nitrogens with one attached hydrogen (secondary N) is 1. The number of aromatic amines is 1. The van der Waals surface area contributed by atoms with E-state index in [9.17, 15) is 0 Å². The highest BCUT2D eigenvalue weighted by atomic mass is 16.5. The summed E-state index contributed by atoms with van der Waals surface area (Å²) in [5, 5.41) is 15.3. The van der Waals surface area contributed by atoms with Crippen LogP contribution in [0.1, 0.15) is 37.4 Å². The summed E-state index contributed by atoms with van der Waals surface area (Å²) in [6.07, 6.45) is 5.86. The van der Waals surface area contributed by atoms with Gasteiger partial charge in [0.2, 0.25) is 5.88 Å². The molecule has 3 aromatic heterocycles. The second-order valence-electron chi connectivity index (χ2n) is 7.33. The topological polar surface area (TPSA) is 102 Å². The van der Waals surface area contributed by atoms with Crippen LogP contribution < -0.4 is 9.64 Å². The Labute approximate surface area is 162 Å². The molecule has 28 heavy (non-hydrogen) atoms. The van der Waals surface area contributed by atoms with E-state index in [1.807, 2.05) is 24.4 Å². The van der Waals surface area contributed by atoms with Gasteiger partial charge in [0.25, 0.3) is 0 Å². The van der Waals surface area contributed by atoms with Crippen LogP contribution in [0.4, 0.5) is 5.82 Å². The lowest BCUT2D eigenvalue weighted by atomic mass is 9.87. The second-order valence-corrected chi connectivity index (χ2v) is 7.33. The van der Waals surface area contributed by atoms with Gasteiger partial charge in [0.15, 0.2) is 5.82 Å². The zero-order valence-electron chi connectivity index (χ0n) is 15.6. The van der Waals surface area contributed by atoms with E-state index in [2.05, 4.69) is 30.5 Å². The summed E-state index contributed by atoms with van der Waals surface area (Å²) >= 11 is 0. The number of hydrogen-bond donors (Lipinski definition) is 1. The number of aromatic nitrogens is 6. The largest absolute Gasteiger partial charge is 0.474 e. The predicted octanol–water partition coefficient (Wildman–Crippen LogP) is 2.08. The summed E-state index contributed by atoms with van der Waals surface area (Å²) in [5.41, 5.74) is 0.912. The minimum Gasteiger partial charge on any atom is -0.474 e. The first-order valence-corrected chi connectivity index (χ1v) is 9.85. The van der Waals surface area contributed by atoms with E-state index in [4.69, 9.17) is 14.5 Å². The molecule has 3 aromatic rings. The van der Waals surface area contributed by atoms with Gasteiger partial charge in [-0.2, -0.15) is 4.98 Å². The van der Waals surface area contributed by atoms with Crippen LogP contribution in [0.25, 0.3) is 10.9 Å². The first-order valence-electron chi connectivity index (χ1n) is 9.85. The van der Waals surface area contributed by atoms with Crippen LogP contribution in [0, 0.1) is 0 Å². The Morgan fingerprint density at radius 1 is 1.14 bits per heavy atom. The monoisotopic (exact) mass is 381 g/mol. The Bertz CT molecular complexity index is 919. The van der Waals surface area contributed by atoms with Crippen molar-refractivity contribution in [3.63, 3.8) is 0 Å². The number of H-pyrrole nitrogens is 1. The van der Waals surface area contributed by atoms with Crippen molar-refractivity contribution in [3.8, 4) is 5.88 Å². The van der Waals surface area contributed by atoms with Crippen LogP contribution in [-0.4, -0.2) is 63.0 Å². The molecule has 0 radical (unpaired) electrons. The van der Waals surface area contributed by atoms with Crippen molar-refractivity contribution in [1.29, 1.82) is 0 Å². The van der Waals surface area contributed by atoms with Crippen LogP contribution in [0.2, 0.25) is 0 Å². The summed E-state index contributed by atoms with van der Waals surface area (Å²) < 4.78 is 11.9. The van der Waals surface area contributed by atoms with Gasteiger partial charge in [0, 0.05) is 31.3 Å². The molecule has 9 heteroatoms. The molecule has 5 rings (SSSR count). The van der Waals surface area contributed by atoms with Crippen molar-refractivity contribution in [2.24, 2.45) is 0 Å². The van der Waals surface area contributed by atoms with Gasteiger partial charge in [-0.3, -0.25) is 4.98 Å². The van der Waals surface area contributed by atoms with E-state index in [1.54, 1.807) is 0 Å². The maximum atomic E-state index is 6.39. The number of morpholine rings is 1. The van der Waals surface area contributed by atoms with E-state index in [0.717, 1.165) is 74.5 Å². The first-order chi connectivity index (χ1) is 13.9. The molecule has 0 spiro atoms. The molecule has 1 aliphatic heterocycles. The zero-order chi connectivity index (χ0) is 18.8. The smallest absolute Gasteiger partial charge is 0.225 e. The zero-order valence-corrected chi connectivity index (χ0v) is 15.6. The molecule has 1 saturated heterocycles. The molecule has 0 aromatic carbocycles. The number of pyridine rings is 2. The van der Waals surface area contributed by atoms with Gasteiger partial charge >= 0.3 is 0 Å². The molecule has 9 nitrogen and oxygen atoms in total. The lowest BCUT2D eigenvalue weighted by Crippen LogP contribution is -2.36.